The summed E-state index contributed by atoms with van der Waals surface area (Å²) in [6.45, 7) is 7.68. The van der Waals surface area contributed by atoms with Crippen LogP contribution in [0, 0.1) is 0 Å². The predicted molar refractivity (Wildman–Crippen MR) is 104 cm³/mol. The van der Waals surface area contributed by atoms with Gasteiger partial charge in [-0.25, -0.2) is 8.42 Å². The van der Waals surface area contributed by atoms with Crippen molar-refractivity contribution in [3.8, 4) is 0 Å². The van der Waals surface area contributed by atoms with Crippen LogP contribution in [-0.4, -0.2) is 26.7 Å². The fraction of sp³-hybridized carbons (Fsp3) is 0.368. The number of anilines is 1. The van der Waals surface area contributed by atoms with E-state index in [0.717, 1.165) is 18.2 Å². The third kappa shape index (κ3) is 4.44. The molecule has 1 aliphatic heterocycles. The van der Waals surface area contributed by atoms with Crippen molar-refractivity contribution < 1.29 is 30.9 Å². The van der Waals surface area contributed by atoms with E-state index in [9.17, 15) is 21.6 Å². The van der Waals surface area contributed by atoms with E-state index in [-0.39, 0.29) is 5.69 Å². The molecule has 10 heteroatoms. The third-order valence-electron chi connectivity index (χ3n) is 5.16. The molecule has 0 aliphatic carbocycles. The minimum atomic E-state index is -4.63. The Bertz CT molecular complexity index is 989. The Labute approximate surface area is 168 Å². The average Bonchev–Trinajstić information content (AvgIpc) is 2.82. The van der Waals surface area contributed by atoms with Gasteiger partial charge in [0, 0.05) is 5.69 Å². The average molecular weight is 427 g/mol. The SMILES string of the molecule is CC1(C)OB(c2ccc(NS(=O)(=O)c3cccc(C(F)(F)F)c3)cc2)OC1(C)C. The topological polar surface area (TPSA) is 64.6 Å². The first-order chi connectivity index (χ1) is 13.2. The van der Waals surface area contributed by atoms with Crippen LogP contribution in [0.5, 0.6) is 0 Å². The van der Waals surface area contributed by atoms with Gasteiger partial charge >= 0.3 is 13.3 Å². The Hall–Kier alpha value is -2.04. The van der Waals surface area contributed by atoms with Gasteiger partial charge in [-0.05, 0) is 63.5 Å². The maximum absolute atomic E-state index is 12.8. The van der Waals surface area contributed by atoms with Crippen LogP contribution in [0.1, 0.15) is 33.3 Å². The molecule has 0 amide bonds. The summed E-state index contributed by atoms with van der Waals surface area (Å²) in [6.07, 6.45) is -4.63. The molecule has 5 nitrogen and oxygen atoms in total. The summed E-state index contributed by atoms with van der Waals surface area (Å²) in [6, 6.07) is 9.88. The first-order valence-corrected chi connectivity index (χ1v) is 10.4. The summed E-state index contributed by atoms with van der Waals surface area (Å²) >= 11 is 0. The lowest BCUT2D eigenvalue weighted by molar-refractivity contribution is -0.137. The largest absolute Gasteiger partial charge is 0.494 e. The van der Waals surface area contributed by atoms with Gasteiger partial charge in [-0.1, -0.05) is 18.2 Å². The van der Waals surface area contributed by atoms with Crippen molar-refractivity contribution in [2.75, 3.05) is 4.72 Å². The van der Waals surface area contributed by atoms with E-state index in [1.165, 1.54) is 12.1 Å². The van der Waals surface area contributed by atoms with Crippen LogP contribution in [0.3, 0.4) is 0 Å². The van der Waals surface area contributed by atoms with Gasteiger partial charge in [0.05, 0.1) is 21.7 Å². The number of sulfonamides is 1. The number of hydrogen-bond donors (Lipinski definition) is 1. The standard InChI is InChI=1S/C19H21BF3NO4S/c1-17(2)18(3,4)28-20(27-17)14-8-10-15(11-9-14)24-29(25,26)16-7-5-6-13(12-16)19(21,22)23/h5-12,24H,1-4H3. The Balaban J connectivity index is 1.78. The number of rotatable bonds is 4. The zero-order valence-corrected chi connectivity index (χ0v) is 17.2. The van der Waals surface area contributed by atoms with Crippen molar-refractivity contribution in [3.63, 3.8) is 0 Å². The Morgan fingerprint density at radius 3 is 2.00 bits per heavy atom. The summed E-state index contributed by atoms with van der Waals surface area (Å²) < 4.78 is 77.6. The van der Waals surface area contributed by atoms with Crippen molar-refractivity contribution >= 4 is 28.3 Å². The molecule has 2 aromatic rings. The molecule has 1 N–H and O–H groups in total. The molecule has 0 unspecified atom stereocenters. The van der Waals surface area contributed by atoms with Crippen LogP contribution in [0.25, 0.3) is 0 Å². The Morgan fingerprint density at radius 1 is 0.931 bits per heavy atom. The fourth-order valence-electron chi connectivity index (χ4n) is 2.74. The van der Waals surface area contributed by atoms with E-state index in [4.69, 9.17) is 9.31 Å². The molecule has 1 aliphatic rings. The molecule has 0 atom stereocenters. The van der Waals surface area contributed by atoms with Crippen molar-refractivity contribution in [2.24, 2.45) is 0 Å². The first-order valence-electron chi connectivity index (χ1n) is 8.87. The molecular formula is C19H21BF3NO4S. The van der Waals surface area contributed by atoms with Gasteiger partial charge < -0.3 is 9.31 Å². The number of nitrogens with one attached hydrogen (secondary N) is 1. The molecule has 0 aromatic heterocycles. The van der Waals surface area contributed by atoms with E-state index < -0.39 is 45.0 Å². The second-order valence-electron chi connectivity index (χ2n) is 7.84. The lowest BCUT2D eigenvalue weighted by atomic mass is 9.79. The second-order valence-corrected chi connectivity index (χ2v) is 9.52. The number of alkyl halides is 3. The molecule has 29 heavy (non-hydrogen) atoms. The molecule has 1 fully saturated rings. The summed E-state index contributed by atoms with van der Waals surface area (Å²) in [7, 11) is -4.78. The zero-order valence-electron chi connectivity index (χ0n) is 16.4. The van der Waals surface area contributed by atoms with E-state index >= 15 is 0 Å². The van der Waals surface area contributed by atoms with Gasteiger partial charge in [-0.3, -0.25) is 4.72 Å². The second kappa shape index (κ2) is 7.03. The molecule has 156 valence electrons. The molecule has 1 saturated heterocycles. The van der Waals surface area contributed by atoms with Gasteiger partial charge in [-0.2, -0.15) is 13.2 Å². The van der Waals surface area contributed by atoms with E-state index in [0.29, 0.717) is 11.5 Å². The number of hydrogen-bond acceptors (Lipinski definition) is 4. The van der Waals surface area contributed by atoms with E-state index in [2.05, 4.69) is 4.72 Å². The maximum atomic E-state index is 12.8. The Morgan fingerprint density at radius 2 is 1.48 bits per heavy atom. The van der Waals surface area contributed by atoms with Gasteiger partial charge in [0.25, 0.3) is 10.0 Å². The van der Waals surface area contributed by atoms with Crippen molar-refractivity contribution in [1.29, 1.82) is 0 Å². The lowest BCUT2D eigenvalue weighted by Crippen LogP contribution is -2.41. The molecule has 1 heterocycles. The highest BCUT2D eigenvalue weighted by atomic mass is 32.2. The minimum absolute atomic E-state index is 0.211. The van der Waals surface area contributed by atoms with Gasteiger partial charge in [0.1, 0.15) is 0 Å². The molecule has 2 aromatic carbocycles. The quantitative estimate of drug-likeness (QED) is 0.754. The normalized spacial score (nSPS) is 18.7. The van der Waals surface area contributed by atoms with Crippen molar-refractivity contribution in [1.82, 2.24) is 0 Å². The van der Waals surface area contributed by atoms with Crippen LogP contribution in [0.2, 0.25) is 0 Å². The predicted octanol–water partition coefficient (Wildman–Crippen LogP) is 3.81. The highest BCUT2D eigenvalue weighted by Gasteiger charge is 2.51. The monoisotopic (exact) mass is 427 g/mol. The van der Waals surface area contributed by atoms with Crippen LogP contribution >= 0.6 is 0 Å². The molecule has 0 radical (unpaired) electrons. The van der Waals surface area contributed by atoms with E-state index in [1.807, 2.05) is 27.7 Å². The number of halogens is 3. The first kappa shape index (κ1) is 21.7. The van der Waals surface area contributed by atoms with Crippen LogP contribution in [-0.2, 0) is 25.5 Å². The Kier molecular flexibility index (Phi) is 5.26. The minimum Gasteiger partial charge on any atom is -0.399 e. The summed E-state index contributed by atoms with van der Waals surface area (Å²) in [4.78, 5) is -0.470. The molecule has 0 saturated carbocycles. The highest BCUT2D eigenvalue weighted by Crippen LogP contribution is 2.36. The summed E-state index contributed by atoms with van der Waals surface area (Å²) in [5.74, 6) is 0. The fourth-order valence-corrected chi connectivity index (χ4v) is 3.85. The van der Waals surface area contributed by atoms with E-state index in [1.54, 1.807) is 12.1 Å². The van der Waals surface area contributed by atoms with Gasteiger partial charge in [0.15, 0.2) is 0 Å². The van der Waals surface area contributed by atoms with Crippen molar-refractivity contribution in [2.45, 2.75) is 50.0 Å². The highest BCUT2D eigenvalue weighted by molar-refractivity contribution is 7.92. The molecular weight excluding hydrogens is 406 g/mol. The zero-order chi connectivity index (χ0) is 21.7. The summed E-state index contributed by atoms with van der Waals surface area (Å²) in [5, 5.41) is 0. The number of benzene rings is 2. The maximum Gasteiger partial charge on any atom is 0.494 e. The molecule has 0 spiro atoms. The van der Waals surface area contributed by atoms with Crippen molar-refractivity contribution in [3.05, 3.63) is 54.1 Å². The molecule has 3 rings (SSSR count). The van der Waals surface area contributed by atoms with Crippen LogP contribution < -0.4 is 10.2 Å². The lowest BCUT2D eigenvalue weighted by Gasteiger charge is -2.32. The smallest absolute Gasteiger partial charge is 0.399 e. The third-order valence-corrected chi connectivity index (χ3v) is 6.54. The van der Waals surface area contributed by atoms with Crippen LogP contribution in [0.15, 0.2) is 53.4 Å². The van der Waals surface area contributed by atoms with Gasteiger partial charge in [0.2, 0.25) is 0 Å². The summed E-state index contributed by atoms with van der Waals surface area (Å²) in [5.41, 5.74) is -1.15. The van der Waals surface area contributed by atoms with Crippen LogP contribution in [0.4, 0.5) is 18.9 Å². The molecule has 0 bridgehead atoms. The van der Waals surface area contributed by atoms with Gasteiger partial charge in [-0.15, -0.1) is 0 Å².